The Bertz CT molecular complexity index is 989. The number of likely N-dealkylation sites (tertiary alicyclic amines) is 1. The van der Waals surface area contributed by atoms with E-state index in [0.29, 0.717) is 23.2 Å². The molecule has 3 aromatic rings. The van der Waals surface area contributed by atoms with E-state index in [1.54, 1.807) is 12.4 Å². The first-order valence-corrected chi connectivity index (χ1v) is 10.1. The molecule has 0 aromatic carbocycles. The van der Waals surface area contributed by atoms with Crippen LogP contribution in [0.15, 0.2) is 43.0 Å². The van der Waals surface area contributed by atoms with E-state index in [1.807, 2.05) is 36.2 Å². The second kappa shape index (κ2) is 8.21. The van der Waals surface area contributed by atoms with E-state index < -0.39 is 0 Å². The Kier molecular flexibility index (Phi) is 5.49. The molecule has 2 N–H and O–H groups in total. The molecular weight excluding hydrogens is 388 g/mol. The van der Waals surface area contributed by atoms with Gasteiger partial charge in [-0.05, 0) is 50.5 Å². The van der Waals surface area contributed by atoms with Crippen molar-refractivity contribution in [2.24, 2.45) is 0 Å². The Labute approximate surface area is 174 Å². The average molecular weight is 411 g/mol. The van der Waals surface area contributed by atoms with Crippen molar-refractivity contribution in [3.05, 3.63) is 59.4 Å². The standard InChI is InChI=1S/C21H23ClN6O/c1-13-9-15(17-5-3-7-23-17)20(26-10-13)21(29)28-8-4-6-16(14(28)2)27-19-12-24-18(22)11-25-19/h3,5,7,9-12,14,16,23H,4,6,8H2,1-2H3,(H,25,27)/t14-,16+/m0/s1. The molecule has 1 aliphatic rings. The summed E-state index contributed by atoms with van der Waals surface area (Å²) in [5.74, 6) is 0.594. The molecule has 1 saturated heterocycles. The molecule has 0 spiro atoms. The van der Waals surface area contributed by atoms with Crippen LogP contribution in [0.4, 0.5) is 5.82 Å². The molecule has 29 heavy (non-hydrogen) atoms. The normalized spacial score (nSPS) is 19.2. The van der Waals surface area contributed by atoms with Gasteiger partial charge in [-0.15, -0.1) is 0 Å². The van der Waals surface area contributed by atoms with Gasteiger partial charge < -0.3 is 15.2 Å². The maximum Gasteiger partial charge on any atom is 0.273 e. The zero-order valence-corrected chi connectivity index (χ0v) is 17.1. The van der Waals surface area contributed by atoms with E-state index in [9.17, 15) is 4.79 Å². The molecule has 1 amide bonds. The predicted molar refractivity (Wildman–Crippen MR) is 113 cm³/mol. The van der Waals surface area contributed by atoms with Gasteiger partial charge in [-0.3, -0.25) is 9.78 Å². The molecule has 0 aliphatic carbocycles. The van der Waals surface area contributed by atoms with Gasteiger partial charge in [-0.2, -0.15) is 0 Å². The molecule has 0 saturated carbocycles. The minimum atomic E-state index is -0.0595. The number of carbonyl (C=O) groups is 1. The van der Waals surface area contributed by atoms with E-state index >= 15 is 0 Å². The van der Waals surface area contributed by atoms with Crippen LogP contribution in [0, 0.1) is 6.92 Å². The lowest BCUT2D eigenvalue weighted by Crippen LogP contribution is -2.52. The van der Waals surface area contributed by atoms with Gasteiger partial charge in [0.2, 0.25) is 0 Å². The molecular formula is C21H23ClN6O. The van der Waals surface area contributed by atoms with Crippen LogP contribution < -0.4 is 5.32 Å². The molecule has 3 aromatic heterocycles. The van der Waals surface area contributed by atoms with Crippen LogP contribution in [0.3, 0.4) is 0 Å². The third-order valence-electron chi connectivity index (χ3n) is 5.32. The topological polar surface area (TPSA) is 86.8 Å². The average Bonchev–Trinajstić information content (AvgIpc) is 3.25. The number of carbonyl (C=O) groups excluding carboxylic acids is 1. The van der Waals surface area contributed by atoms with Gasteiger partial charge in [0.15, 0.2) is 0 Å². The van der Waals surface area contributed by atoms with Crippen molar-refractivity contribution >= 4 is 23.3 Å². The SMILES string of the molecule is Cc1cnc(C(=O)N2CCC[C@@H](Nc3cnc(Cl)cn3)[C@@H]2C)c(-c2ccc[nH]2)c1. The summed E-state index contributed by atoms with van der Waals surface area (Å²) in [6.45, 7) is 4.73. The fourth-order valence-electron chi connectivity index (χ4n) is 3.78. The van der Waals surface area contributed by atoms with Gasteiger partial charge in [0.1, 0.15) is 16.7 Å². The summed E-state index contributed by atoms with van der Waals surface area (Å²) in [5.41, 5.74) is 3.20. The second-order valence-electron chi connectivity index (χ2n) is 7.35. The van der Waals surface area contributed by atoms with Gasteiger partial charge in [-0.1, -0.05) is 11.6 Å². The van der Waals surface area contributed by atoms with Crippen molar-refractivity contribution in [1.29, 1.82) is 0 Å². The number of hydrogen-bond acceptors (Lipinski definition) is 5. The van der Waals surface area contributed by atoms with Gasteiger partial charge in [0, 0.05) is 42.3 Å². The van der Waals surface area contributed by atoms with Crippen molar-refractivity contribution in [1.82, 2.24) is 24.8 Å². The molecule has 7 nitrogen and oxygen atoms in total. The number of H-pyrrole nitrogens is 1. The van der Waals surface area contributed by atoms with Crippen LogP contribution in [-0.2, 0) is 0 Å². The molecule has 4 rings (SSSR count). The van der Waals surface area contributed by atoms with Crippen molar-refractivity contribution in [3.63, 3.8) is 0 Å². The van der Waals surface area contributed by atoms with Gasteiger partial charge in [-0.25, -0.2) is 9.97 Å². The highest BCUT2D eigenvalue weighted by Crippen LogP contribution is 2.27. The first-order valence-electron chi connectivity index (χ1n) is 9.68. The number of hydrogen-bond donors (Lipinski definition) is 2. The van der Waals surface area contributed by atoms with Crippen molar-refractivity contribution in [2.45, 2.75) is 38.8 Å². The van der Waals surface area contributed by atoms with E-state index in [4.69, 9.17) is 11.6 Å². The number of amides is 1. The van der Waals surface area contributed by atoms with Gasteiger partial charge in [0.05, 0.1) is 12.4 Å². The third kappa shape index (κ3) is 4.10. The van der Waals surface area contributed by atoms with E-state index in [1.165, 1.54) is 6.20 Å². The lowest BCUT2D eigenvalue weighted by Gasteiger charge is -2.40. The summed E-state index contributed by atoms with van der Waals surface area (Å²) in [6, 6.07) is 5.93. The first kappa shape index (κ1) is 19.4. The Balaban J connectivity index is 1.58. The maximum absolute atomic E-state index is 13.5. The predicted octanol–water partition coefficient (Wildman–Crippen LogP) is 3.93. The summed E-state index contributed by atoms with van der Waals surface area (Å²) in [6.07, 6.45) is 8.56. The number of halogens is 1. The molecule has 4 heterocycles. The largest absolute Gasteiger partial charge is 0.364 e. The summed E-state index contributed by atoms with van der Waals surface area (Å²) in [4.78, 5) is 31.4. The molecule has 2 atom stereocenters. The lowest BCUT2D eigenvalue weighted by molar-refractivity contribution is 0.0611. The zero-order valence-electron chi connectivity index (χ0n) is 16.4. The Morgan fingerprint density at radius 3 is 2.86 bits per heavy atom. The highest BCUT2D eigenvalue weighted by molar-refractivity contribution is 6.29. The smallest absolute Gasteiger partial charge is 0.273 e. The van der Waals surface area contributed by atoms with E-state index in [0.717, 1.165) is 29.7 Å². The number of aromatic amines is 1. The Hall–Kier alpha value is -2.93. The van der Waals surface area contributed by atoms with Crippen LogP contribution in [0.1, 0.15) is 35.8 Å². The van der Waals surface area contributed by atoms with E-state index in [-0.39, 0.29) is 18.0 Å². The molecule has 150 valence electrons. The number of nitrogens with zero attached hydrogens (tertiary/aromatic N) is 4. The summed E-state index contributed by atoms with van der Waals surface area (Å²) < 4.78 is 0. The number of rotatable bonds is 4. The minimum absolute atomic E-state index is 0.0201. The van der Waals surface area contributed by atoms with Crippen LogP contribution in [0.25, 0.3) is 11.3 Å². The molecule has 0 bridgehead atoms. The second-order valence-corrected chi connectivity index (χ2v) is 7.74. The number of aryl methyl sites for hydroxylation is 1. The van der Waals surface area contributed by atoms with Gasteiger partial charge in [0.25, 0.3) is 5.91 Å². The third-order valence-corrected chi connectivity index (χ3v) is 5.51. The van der Waals surface area contributed by atoms with Crippen molar-refractivity contribution in [2.75, 3.05) is 11.9 Å². The highest BCUT2D eigenvalue weighted by Gasteiger charge is 2.33. The Morgan fingerprint density at radius 1 is 1.28 bits per heavy atom. The molecule has 0 unspecified atom stereocenters. The number of nitrogens with one attached hydrogen (secondary N) is 2. The quantitative estimate of drug-likeness (QED) is 0.680. The zero-order chi connectivity index (χ0) is 20.4. The van der Waals surface area contributed by atoms with Crippen LogP contribution in [-0.4, -0.2) is 49.4 Å². The van der Waals surface area contributed by atoms with Crippen LogP contribution >= 0.6 is 11.6 Å². The summed E-state index contributed by atoms with van der Waals surface area (Å²) >= 11 is 5.82. The Morgan fingerprint density at radius 2 is 2.14 bits per heavy atom. The lowest BCUT2D eigenvalue weighted by atomic mass is 9.96. The molecule has 1 aliphatic heterocycles. The fourth-order valence-corrected chi connectivity index (χ4v) is 3.88. The number of anilines is 1. The highest BCUT2D eigenvalue weighted by atomic mass is 35.5. The molecule has 8 heteroatoms. The summed E-state index contributed by atoms with van der Waals surface area (Å²) in [5, 5.41) is 3.75. The van der Waals surface area contributed by atoms with Crippen LogP contribution in [0.2, 0.25) is 5.15 Å². The maximum atomic E-state index is 13.5. The number of piperidine rings is 1. The van der Waals surface area contributed by atoms with Crippen molar-refractivity contribution < 1.29 is 4.79 Å². The first-order chi connectivity index (χ1) is 14.0. The fraction of sp³-hybridized carbons (Fsp3) is 0.333. The number of aromatic nitrogens is 4. The van der Waals surface area contributed by atoms with Crippen molar-refractivity contribution in [3.8, 4) is 11.3 Å². The van der Waals surface area contributed by atoms with Crippen LogP contribution in [0.5, 0.6) is 0 Å². The summed E-state index contributed by atoms with van der Waals surface area (Å²) in [7, 11) is 0. The molecule has 1 fully saturated rings. The van der Waals surface area contributed by atoms with E-state index in [2.05, 4.69) is 32.2 Å². The molecule has 0 radical (unpaired) electrons. The minimum Gasteiger partial charge on any atom is -0.364 e. The van der Waals surface area contributed by atoms with Gasteiger partial charge >= 0.3 is 0 Å². The monoisotopic (exact) mass is 410 g/mol. The number of pyridine rings is 1.